The van der Waals surface area contributed by atoms with Crippen molar-refractivity contribution in [3.63, 3.8) is 0 Å². The molecule has 23 heavy (non-hydrogen) atoms. The molecule has 2 aromatic heterocycles. The third kappa shape index (κ3) is 5.41. The van der Waals surface area contributed by atoms with Crippen LogP contribution >= 0.6 is 11.3 Å². The first kappa shape index (κ1) is 17.0. The number of furan rings is 1. The van der Waals surface area contributed by atoms with Gasteiger partial charge in [-0.25, -0.2) is 4.98 Å². The molecule has 0 saturated carbocycles. The van der Waals surface area contributed by atoms with Gasteiger partial charge >= 0.3 is 0 Å². The molecule has 8 heteroatoms. The van der Waals surface area contributed by atoms with Crippen LogP contribution in [0, 0.1) is 6.92 Å². The van der Waals surface area contributed by atoms with Crippen molar-refractivity contribution in [2.45, 2.75) is 13.3 Å². The highest BCUT2D eigenvalue weighted by molar-refractivity contribution is 7.11. The number of hydrogen-bond donors (Lipinski definition) is 3. The first-order valence-corrected chi connectivity index (χ1v) is 8.24. The maximum atomic E-state index is 11.9. The lowest BCUT2D eigenvalue weighted by Gasteiger charge is -2.11. The number of amides is 1. The Kier molecular flexibility index (Phi) is 6.61. The van der Waals surface area contributed by atoms with E-state index >= 15 is 0 Å². The SMILES string of the molecule is CN=C(NCCNC(=O)c1scnc1C)NCCc1ccco1. The summed E-state index contributed by atoms with van der Waals surface area (Å²) in [6, 6.07) is 3.81. The second-order valence-corrected chi connectivity index (χ2v) is 5.63. The lowest BCUT2D eigenvalue weighted by atomic mass is 10.3. The van der Waals surface area contributed by atoms with Gasteiger partial charge in [0, 0.05) is 33.1 Å². The van der Waals surface area contributed by atoms with Crippen LogP contribution in [0.3, 0.4) is 0 Å². The lowest BCUT2D eigenvalue weighted by molar-refractivity contribution is 0.0957. The predicted octanol–water partition coefficient (Wildman–Crippen LogP) is 1.18. The Morgan fingerprint density at radius 3 is 2.74 bits per heavy atom. The Balaban J connectivity index is 1.62. The molecule has 0 aliphatic heterocycles. The van der Waals surface area contributed by atoms with E-state index in [-0.39, 0.29) is 5.91 Å². The zero-order valence-electron chi connectivity index (χ0n) is 13.3. The lowest BCUT2D eigenvalue weighted by Crippen LogP contribution is -2.42. The van der Waals surface area contributed by atoms with Crippen LogP contribution in [-0.4, -0.2) is 43.5 Å². The smallest absolute Gasteiger partial charge is 0.263 e. The van der Waals surface area contributed by atoms with Crippen molar-refractivity contribution in [1.82, 2.24) is 20.9 Å². The van der Waals surface area contributed by atoms with E-state index < -0.39 is 0 Å². The normalized spacial score (nSPS) is 11.3. The summed E-state index contributed by atoms with van der Waals surface area (Å²) >= 11 is 1.35. The highest BCUT2D eigenvalue weighted by Crippen LogP contribution is 2.11. The molecule has 2 aromatic rings. The molecule has 0 aromatic carbocycles. The number of thiazole rings is 1. The number of hydrogen-bond acceptors (Lipinski definition) is 5. The molecule has 0 spiro atoms. The molecule has 0 bridgehead atoms. The molecule has 0 aliphatic carbocycles. The standard InChI is InChI=1S/C15H21N5O2S/c1-11-13(23-10-20-11)14(21)17-7-8-19-15(16-2)18-6-5-12-4-3-9-22-12/h3-4,9-10H,5-8H2,1-2H3,(H,17,21)(H2,16,18,19). The monoisotopic (exact) mass is 335 g/mol. The second-order valence-electron chi connectivity index (χ2n) is 4.78. The van der Waals surface area contributed by atoms with Crippen LogP contribution in [0.25, 0.3) is 0 Å². The fraction of sp³-hybridized carbons (Fsp3) is 0.400. The maximum Gasteiger partial charge on any atom is 0.263 e. The Labute approximate surface area is 139 Å². The Hall–Kier alpha value is -2.35. The molecular weight excluding hydrogens is 314 g/mol. The number of aromatic nitrogens is 1. The summed E-state index contributed by atoms with van der Waals surface area (Å²) < 4.78 is 5.27. The highest BCUT2D eigenvalue weighted by Gasteiger charge is 2.10. The summed E-state index contributed by atoms with van der Waals surface area (Å²) in [5.74, 6) is 1.53. The van der Waals surface area contributed by atoms with Gasteiger partial charge in [0.05, 0.1) is 17.5 Å². The van der Waals surface area contributed by atoms with Crippen molar-refractivity contribution in [2.75, 3.05) is 26.7 Å². The van der Waals surface area contributed by atoms with Crippen molar-refractivity contribution >= 4 is 23.2 Å². The summed E-state index contributed by atoms with van der Waals surface area (Å²) in [7, 11) is 1.71. The largest absolute Gasteiger partial charge is 0.469 e. The zero-order valence-corrected chi connectivity index (χ0v) is 14.1. The first-order chi connectivity index (χ1) is 11.2. The molecular formula is C15H21N5O2S. The van der Waals surface area contributed by atoms with Crippen molar-refractivity contribution < 1.29 is 9.21 Å². The molecule has 2 heterocycles. The number of aliphatic imine (C=N–C) groups is 1. The van der Waals surface area contributed by atoms with E-state index in [4.69, 9.17) is 4.42 Å². The predicted molar refractivity (Wildman–Crippen MR) is 91.0 cm³/mol. The molecule has 0 fully saturated rings. The third-order valence-corrected chi connectivity index (χ3v) is 4.05. The van der Waals surface area contributed by atoms with E-state index in [1.165, 1.54) is 11.3 Å². The van der Waals surface area contributed by atoms with Crippen LogP contribution in [0.5, 0.6) is 0 Å². The number of carbonyl (C=O) groups excluding carboxylic acids is 1. The molecule has 2 rings (SSSR count). The van der Waals surface area contributed by atoms with Gasteiger partial charge in [-0.1, -0.05) is 0 Å². The van der Waals surface area contributed by atoms with E-state index in [2.05, 4.69) is 25.9 Å². The van der Waals surface area contributed by atoms with E-state index in [0.717, 1.165) is 24.4 Å². The van der Waals surface area contributed by atoms with Gasteiger partial charge in [0.15, 0.2) is 5.96 Å². The van der Waals surface area contributed by atoms with Gasteiger partial charge < -0.3 is 20.4 Å². The molecule has 0 unspecified atom stereocenters. The van der Waals surface area contributed by atoms with Crippen LogP contribution in [0.1, 0.15) is 21.1 Å². The average Bonchev–Trinajstić information content (AvgIpc) is 3.21. The van der Waals surface area contributed by atoms with Gasteiger partial charge in [-0.3, -0.25) is 9.79 Å². The molecule has 3 N–H and O–H groups in total. The average molecular weight is 335 g/mol. The second kappa shape index (κ2) is 8.94. The molecule has 7 nitrogen and oxygen atoms in total. The fourth-order valence-corrected chi connectivity index (χ4v) is 2.66. The maximum absolute atomic E-state index is 11.9. The molecule has 0 saturated heterocycles. The van der Waals surface area contributed by atoms with Gasteiger partial charge in [-0.2, -0.15) is 0 Å². The van der Waals surface area contributed by atoms with Crippen LogP contribution in [-0.2, 0) is 6.42 Å². The topological polar surface area (TPSA) is 91.5 Å². The molecule has 124 valence electrons. The summed E-state index contributed by atoms with van der Waals surface area (Å²) in [4.78, 5) is 20.8. The van der Waals surface area contributed by atoms with Gasteiger partial charge in [0.25, 0.3) is 5.91 Å². The van der Waals surface area contributed by atoms with E-state index in [0.29, 0.717) is 23.9 Å². The van der Waals surface area contributed by atoms with Crippen molar-refractivity contribution in [1.29, 1.82) is 0 Å². The first-order valence-electron chi connectivity index (χ1n) is 7.36. The van der Waals surface area contributed by atoms with Crippen molar-refractivity contribution in [3.8, 4) is 0 Å². The number of guanidine groups is 1. The summed E-state index contributed by atoms with van der Waals surface area (Å²) in [6.07, 6.45) is 2.45. The van der Waals surface area contributed by atoms with Gasteiger partial charge in [-0.05, 0) is 19.1 Å². The quantitative estimate of drug-likeness (QED) is 0.401. The van der Waals surface area contributed by atoms with Crippen LogP contribution in [0.4, 0.5) is 0 Å². The van der Waals surface area contributed by atoms with E-state index in [9.17, 15) is 4.79 Å². The van der Waals surface area contributed by atoms with Crippen molar-refractivity contribution in [2.24, 2.45) is 4.99 Å². The molecule has 1 amide bonds. The summed E-state index contributed by atoms with van der Waals surface area (Å²) in [5, 5.41) is 9.19. The van der Waals surface area contributed by atoms with E-state index in [1.54, 1.807) is 18.8 Å². The third-order valence-electron chi connectivity index (χ3n) is 3.12. The summed E-state index contributed by atoms with van der Waals surface area (Å²) in [6.45, 7) is 3.65. The number of aryl methyl sites for hydroxylation is 1. The van der Waals surface area contributed by atoms with Crippen molar-refractivity contribution in [3.05, 3.63) is 40.2 Å². The number of nitrogens with one attached hydrogen (secondary N) is 3. The fourth-order valence-electron chi connectivity index (χ4n) is 1.94. The Bertz CT molecular complexity index is 636. The molecule has 0 aliphatic rings. The summed E-state index contributed by atoms with van der Waals surface area (Å²) in [5.41, 5.74) is 2.43. The minimum Gasteiger partial charge on any atom is -0.469 e. The zero-order chi connectivity index (χ0) is 16.5. The number of carbonyl (C=O) groups is 1. The minimum atomic E-state index is -0.0902. The van der Waals surface area contributed by atoms with Gasteiger partial charge in [0.1, 0.15) is 10.6 Å². The number of nitrogens with zero attached hydrogens (tertiary/aromatic N) is 2. The Morgan fingerprint density at radius 1 is 1.30 bits per heavy atom. The number of rotatable bonds is 7. The molecule has 0 atom stereocenters. The Morgan fingerprint density at radius 2 is 2.09 bits per heavy atom. The van der Waals surface area contributed by atoms with Crippen LogP contribution in [0.15, 0.2) is 33.3 Å². The van der Waals surface area contributed by atoms with E-state index in [1.807, 2.05) is 19.1 Å². The van der Waals surface area contributed by atoms with Crippen LogP contribution in [0.2, 0.25) is 0 Å². The molecule has 0 radical (unpaired) electrons. The highest BCUT2D eigenvalue weighted by atomic mass is 32.1. The van der Waals surface area contributed by atoms with Crippen LogP contribution < -0.4 is 16.0 Å². The minimum absolute atomic E-state index is 0.0902. The van der Waals surface area contributed by atoms with Gasteiger partial charge in [0.2, 0.25) is 0 Å². The van der Waals surface area contributed by atoms with Gasteiger partial charge in [-0.15, -0.1) is 11.3 Å².